The van der Waals surface area contributed by atoms with Crippen molar-refractivity contribution in [3.8, 4) is 0 Å². The number of benzene rings is 2. The van der Waals surface area contributed by atoms with Gasteiger partial charge in [-0.15, -0.1) is 0 Å². The molecule has 1 fully saturated rings. The summed E-state index contributed by atoms with van der Waals surface area (Å²) in [5, 5.41) is 13.9. The molecule has 1 aliphatic carbocycles. The van der Waals surface area contributed by atoms with E-state index in [2.05, 4.69) is 5.32 Å². The number of Topliss-reactive ketones (excluding diaryl/α,β-unsaturated/α-hetero) is 1. The molecule has 126 valence electrons. The van der Waals surface area contributed by atoms with Gasteiger partial charge in [0.25, 0.3) is 5.91 Å². The maximum atomic E-state index is 13.1. The fourth-order valence-electron chi connectivity index (χ4n) is 3.88. The molecule has 0 radical (unpaired) electrons. The number of anilines is 1. The van der Waals surface area contributed by atoms with Crippen LogP contribution in [0.2, 0.25) is 0 Å². The van der Waals surface area contributed by atoms with E-state index in [-0.39, 0.29) is 5.78 Å². The Labute approximate surface area is 146 Å². The predicted molar refractivity (Wildman–Crippen MR) is 95.7 cm³/mol. The Bertz CT molecular complexity index is 872. The van der Waals surface area contributed by atoms with E-state index in [0.717, 1.165) is 12.0 Å². The second-order valence-electron chi connectivity index (χ2n) is 6.66. The average Bonchev–Trinajstić information content (AvgIpc) is 2.89. The summed E-state index contributed by atoms with van der Waals surface area (Å²) in [7, 11) is 0. The van der Waals surface area contributed by atoms with E-state index in [4.69, 9.17) is 0 Å². The second kappa shape index (κ2) is 5.97. The van der Waals surface area contributed by atoms with Crippen LogP contribution >= 0.6 is 0 Å². The zero-order valence-corrected chi connectivity index (χ0v) is 13.7. The van der Waals surface area contributed by atoms with Gasteiger partial charge < -0.3 is 10.4 Å². The molecule has 2 N–H and O–H groups in total. The van der Waals surface area contributed by atoms with E-state index in [1.54, 1.807) is 24.3 Å². The fraction of sp³-hybridized carbons (Fsp3) is 0.238. The minimum Gasteiger partial charge on any atom is -0.375 e. The molecule has 1 aliphatic heterocycles. The van der Waals surface area contributed by atoms with E-state index >= 15 is 0 Å². The van der Waals surface area contributed by atoms with Gasteiger partial charge in [-0.25, -0.2) is 0 Å². The van der Waals surface area contributed by atoms with E-state index in [1.165, 1.54) is 0 Å². The van der Waals surface area contributed by atoms with Crippen LogP contribution in [0.15, 0.2) is 60.2 Å². The third kappa shape index (κ3) is 2.50. The molecular weight excluding hydrogens is 314 g/mol. The zero-order chi connectivity index (χ0) is 17.4. The minimum atomic E-state index is -1.79. The largest absolute Gasteiger partial charge is 0.375 e. The maximum absolute atomic E-state index is 13.1. The van der Waals surface area contributed by atoms with Crippen molar-refractivity contribution in [3.63, 3.8) is 0 Å². The van der Waals surface area contributed by atoms with Gasteiger partial charge in [0.05, 0.1) is 5.92 Å². The van der Waals surface area contributed by atoms with Gasteiger partial charge in [-0.2, -0.15) is 0 Å². The number of para-hydroxylation sites is 1. The monoisotopic (exact) mass is 333 g/mol. The van der Waals surface area contributed by atoms with Crippen molar-refractivity contribution in [2.24, 2.45) is 5.92 Å². The highest BCUT2D eigenvalue weighted by atomic mass is 16.3. The first kappa shape index (κ1) is 15.8. The number of hydrogen-bond acceptors (Lipinski definition) is 3. The van der Waals surface area contributed by atoms with Crippen molar-refractivity contribution in [2.75, 3.05) is 5.32 Å². The summed E-state index contributed by atoms with van der Waals surface area (Å²) in [4.78, 5) is 25.6. The summed E-state index contributed by atoms with van der Waals surface area (Å²) in [6.07, 6.45) is 3.82. The summed E-state index contributed by atoms with van der Waals surface area (Å²) in [6.45, 7) is 0. The van der Waals surface area contributed by atoms with Crippen molar-refractivity contribution in [1.82, 2.24) is 0 Å². The second-order valence-corrected chi connectivity index (χ2v) is 6.66. The number of allylic oxidation sites excluding steroid dienone is 1. The van der Waals surface area contributed by atoms with Crippen LogP contribution in [0.3, 0.4) is 0 Å². The van der Waals surface area contributed by atoms with Gasteiger partial charge in [0.1, 0.15) is 0 Å². The highest BCUT2D eigenvalue weighted by Gasteiger charge is 2.54. The number of ketones is 1. The smallest absolute Gasteiger partial charge is 0.261 e. The Balaban J connectivity index is 1.72. The first-order chi connectivity index (χ1) is 12.1. The molecule has 1 saturated carbocycles. The Morgan fingerprint density at radius 3 is 2.56 bits per heavy atom. The fourth-order valence-corrected chi connectivity index (χ4v) is 3.88. The number of rotatable bonds is 2. The standard InChI is InChI=1S/C21H19NO3/c23-19-15(13-14-7-2-1-3-8-14)9-6-11-17(19)21(25)16-10-4-5-12-18(16)22-20(21)24/h1-5,7-8,10,12-13,17,25H,6,9,11H2,(H,22,24)/b15-13+/t17-,21-/m0/s1. The summed E-state index contributed by atoms with van der Waals surface area (Å²) in [5.41, 5.74) is 0.924. The van der Waals surface area contributed by atoms with Gasteiger partial charge in [-0.1, -0.05) is 48.5 Å². The van der Waals surface area contributed by atoms with Crippen LogP contribution in [0.25, 0.3) is 6.08 Å². The molecule has 0 bridgehead atoms. The number of carbonyl (C=O) groups excluding carboxylic acids is 2. The molecular formula is C21H19NO3. The van der Waals surface area contributed by atoms with Gasteiger partial charge in [-0.3, -0.25) is 9.59 Å². The lowest BCUT2D eigenvalue weighted by Gasteiger charge is -2.33. The molecule has 4 nitrogen and oxygen atoms in total. The molecule has 1 heterocycles. The number of fused-ring (bicyclic) bond motifs is 1. The van der Waals surface area contributed by atoms with Crippen LogP contribution in [-0.2, 0) is 15.2 Å². The number of hydrogen-bond donors (Lipinski definition) is 2. The average molecular weight is 333 g/mol. The molecule has 2 aromatic rings. The van der Waals surface area contributed by atoms with E-state index in [1.807, 2.05) is 36.4 Å². The molecule has 0 aromatic heterocycles. The van der Waals surface area contributed by atoms with Gasteiger partial charge in [0.2, 0.25) is 0 Å². The van der Waals surface area contributed by atoms with Crippen LogP contribution in [0, 0.1) is 5.92 Å². The van der Waals surface area contributed by atoms with E-state index in [0.29, 0.717) is 29.7 Å². The van der Waals surface area contributed by atoms with Crippen LogP contribution in [0.1, 0.15) is 30.4 Å². The predicted octanol–water partition coefficient (Wildman–Crippen LogP) is 3.28. The molecule has 2 atom stereocenters. The lowest BCUT2D eigenvalue weighted by molar-refractivity contribution is -0.148. The maximum Gasteiger partial charge on any atom is 0.261 e. The highest BCUT2D eigenvalue weighted by molar-refractivity contribution is 6.11. The Morgan fingerprint density at radius 2 is 1.76 bits per heavy atom. The lowest BCUT2D eigenvalue weighted by Crippen LogP contribution is -2.47. The SMILES string of the molecule is O=C1/C(=C/c2ccccc2)CCC[C@@H]1[C@]1(O)C(=O)Nc2ccccc21. The zero-order valence-electron chi connectivity index (χ0n) is 13.7. The number of amides is 1. The van der Waals surface area contributed by atoms with Crippen LogP contribution in [0.4, 0.5) is 5.69 Å². The van der Waals surface area contributed by atoms with Gasteiger partial charge in [-0.05, 0) is 42.5 Å². The molecule has 1 amide bonds. The highest BCUT2D eigenvalue weighted by Crippen LogP contribution is 2.46. The molecule has 2 aromatic carbocycles. The van der Waals surface area contributed by atoms with E-state index in [9.17, 15) is 14.7 Å². The number of aliphatic hydroxyl groups is 1. The third-order valence-electron chi connectivity index (χ3n) is 5.15. The Kier molecular flexibility index (Phi) is 3.77. The summed E-state index contributed by atoms with van der Waals surface area (Å²) < 4.78 is 0. The number of nitrogens with one attached hydrogen (secondary N) is 1. The quantitative estimate of drug-likeness (QED) is 0.829. The molecule has 25 heavy (non-hydrogen) atoms. The summed E-state index contributed by atoms with van der Waals surface area (Å²) in [5.74, 6) is -1.39. The topological polar surface area (TPSA) is 66.4 Å². The Morgan fingerprint density at radius 1 is 1.04 bits per heavy atom. The molecule has 0 saturated heterocycles. The van der Waals surface area contributed by atoms with Crippen LogP contribution < -0.4 is 5.32 Å². The first-order valence-corrected chi connectivity index (χ1v) is 8.54. The van der Waals surface area contributed by atoms with Crippen molar-refractivity contribution in [3.05, 3.63) is 71.3 Å². The molecule has 4 rings (SSSR count). The van der Waals surface area contributed by atoms with Gasteiger partial charge >= 0.3 is 0 Å². The number of carbonyl (C=O) groups is 2. The van der Waals surface area contributed by atoms with Crippen LogP contribution in [-0.4, -0.2) is 16.8 Å². The Hall–Kier alpha value is -2.72. The summed E-state index contributed by atoms with van der Waals surface area (Å²) >= 11 is 0. The van der Waals surface area contributed by atoms with Crippen molar-refractivity contribution in [2.45, 2.75) is 24.9 Å². The summed E-state index contributed by atoms with van der Waals surface area (Å²) in [6, 6.07) is 16.7. The van der Waals surface area contributed by atoms with Crippen molar-refractivity contribution < 1.29 is 14.7 Å². The normalized spacial score (nSPS) is 27.2. The molecule has 2 aliphatic rings. The van der Waals surface area contributed by atoms with Crippen molar-refractivity contribution >= 4 is 23.5 Å². The molecule has 0 spiro atoms. The molecule has 4 heteroatoms. The van der Waals surface area contributed by atoms with E-state index < -0.39 is 17.4 Å². The van der Waals surface area contributed by atoms with Crippen molar-refractivity contribution in [1.29, 1.82) is 0 Å². The minimum absolute atomic E-state index is 0.135. The van der Waals surface area contributed by atoms with Gasteiger partial charge in [0, 0.05) is 11.3 Å². The lowest BCUT2D eigenvalue weighted by atomic mass is 9.71. The van der Waals surface area contributed by atoms with Crippen LogP contribution in [0.5, 0.6) is 0 Å². The van der Waals surface area contributed by atoms with Gasteiger partial charge in [0.15, 0.2) is 11.4 Å². The first-order valence-electron chi connectivity index (χ1n) is 8.54. The third-order valence-corrected chi connectivity index (χ3v) is 5.15. The molecule has 0 unspecified atom stereocenters.